The van der Waals surface area contributed by atoms with Crippen molar-refractivity contribution < 1.29 is 8.91 Å². The Kier molecular flexibility index (Phi) is 2.53. The maximum atomic E-state index is 12.5. The molecule has 1 heterocycles. The van der Waals surface area contributed by atoms with Gasteiger partial charge in [0, 0.05) is 6.42 Å². The molecular formula is C6H10FN3O. The van der Waals surface area contributed by atoms with Crippen LogP contribution >= 0.6 is 0 Å². The summed E-state index contributed by atoms with van der Waals surface area (Å²) in [6.07, 6.45) is -0.676. The highest BCUT2D eigenvalue weighted by Gasteiger charge is 2.11. The lowest BCUT2D eigenvalue weighted by atomic mass is 10.4. The first-order valence-corrected chi connectivity index (χ1v) is 3.40. The monoisotopic (exact) mass is 159 g/mol. The summed E-state index contributed by atoms with van der Waals surface area (Å²) in [5, 5.41) is 3.52. The average Bonchev–Trinajstić information content (AvgIpc) is 2.37. The van der Waals surface area contributed by atoms with Gasteiger partial charge in [0.2, 0.25) is 0 Å². The topological polar surface area (TPSA) is 64.9 Å². The van der Waals surface area contributed by atoms with Crippen LogP contribution in [0.4, 0.5) is 4.39 Å². The molecule has 0 aliphatic carbocycles. The van der Waals surface area contributed by atoms with Crippen LogP contribution in [0.15, 0.2) is 4.52 Å². The molecule has 0 saturated heterocycles. The third-order valence-electron chi connectivity index (χ3n) is 1.19. The number of hydrogen-bond donors (Lipinski definition) is 1. The molecule has 0 aliphatic heterocycles. The molecule has 0 radical (unpaired) electrons. The highest BCUT2D eigenvalue weighted by Crippen LogP contribution is 2.12. The van der Waals surface area contributed by atoms with Gasteiger partial charge in [-0.25, -0.2) is 4.39 Å². The van der Waals surface area contributed by atoms with Crippen molar-refractivity contribution in [2.75, 3.05) is 6.54 Å². The Bertz CT molecular complexity index is 223. The highest BCUT2D eigenvalue weighted by atomic mass is 19.1. The van der Waals surface area contributed by atoms with E-state index in [0.717, 1.165) is 0 Å². The molecule has 0 aliphatic rings. The van der Waals surface area contributed by atoms with Gasteiger partial charge in [-0.2, -0.15) is 4.98 Å². The van der Waals surface area contributed by atoms with Crippen LogP contribution in [0.1, 0.15) is 24.8 Å². The lowest BCUT2D eigenvalue weighted by Gasteiger charge is -1.88. The fourth-order valence-corrected chi connectivity index (χ4v) is 0.660. The Balaban J connectivity index is 2.66. The van der Waals surface area contributed by atoms with Crippen molar-refractivity contribution in [3.8, 4) is 0 Å². The molecule has 2 N–H and O–H groups in total. The molecule has 4 nitrogen and oxygen atoms in total. The largest absolute Gasteiger partial charge is 0.336 e. The van der Waals surface area contributed by atoms with E-state index in [9.17, 15) is 4.39 Å². The zero-order chi connectivity index (χ0) is 8.27. The maximum Gasteiger partial charge on any atom is 0.260 e. The molecule has 11 heavy (non-hydrogen) atoms. The number of halogens is 1. The molecule has 5 heteroatoms. The summed E-state index contributed by atoms with van der Waals surface area (Å²) in [7, 11) is 0. The number of aromatic nitrogens is 2. The van der Waals surface area contributed by atoms with E-state index in [-0.39, 0.29) is 5.89 Å². The first kappa shape index (κ1) is 8.13. The zero-order valence-electron chi connectivity index (χ0n) is 6.25. The Morgan fingerprint density at radius 2 is 2.45 bits per heavy atom. The van der Waals surface area contributed by atoms with E-state index >= 15 is 0 Å². The van der Waals surface area contributed by atoms with Crippen LogP contribution in [0.25, 0.3) is 0 Å². The van der Waals surface area contributed by atoms with Crippen LogP contribution < -0.4 is 5.73 Å². The van der Waals surface area contributed by atoms with E-state index in [1.165, 1.54) is 6.92 Å². The van der Waals surface area contributed by atoms with Crippen molar-refractivity contribution in [1.29, 1.82) is 0 Å². The summed E-state index contributed by atoms with van der Waals surface area (Å²) in [4.78, 5) is 3.77. The minimum absolute atomic E-state index is 0.0217. The summed E-state index contributed by atoms with van der Waals surface area (Å²) < 4.78 is 17.0. The van der Waals surface area contributed by atoms with Crippen LogP contribution in [0.2, 0.25) is 0 Å². The van der Waals surface area contributed by atoms with Crippen molar-refractivity contribution in [2.24, 2.45) is 5.73 Å². The maximum absolute atomic E-state index is 12.5. The van der Waals surface area contributed by atoms with Gasteiger partial charge >= 0.3 is 0 Å². The Morgan fingerprint density at radius 3 is 2.91 bits per heavy atom. The molecule has 0 bridgehead atoms. The van der Waals surface area contributed by atoms with E-state index in [4.69, 9.17) is 5.73 Å². The molecule has 0 spiro atoms. The van der Waals surface area contributed by atoms with Crippen LogP contribution in [0.5, 0.6) is 0 Å². The van der Waals surface area contributed by atoms with Crippen LogP contribution in [0.3, 0.4) is 0 Å². The molecule has 0 amide bonds. The molecule has 1 unspecified atom stereocenters. The molecule has 0 aromatic carbocycles. The second kappa shape index (κ2) is 3.43. The zero-order valence-corrected chi connectivity index (χ0v) is 6.25. The quantitative estimate of drug-likeness (QED) is 0.701. The van der Waals surface area contributed by atoms with Crippen molar-refractivity contribution in [2.45, 2.75) is 19.5 Å². The van der Waals surface area contributed by atoms with Crippen molar-refractivity contribution >= 4 is 0 Å². The second-order valence-corrected chi connectivity index (χ2v) is 2.20. The van der Waals surface area contributed by atoms with Gasteiger partial charge in [0.25, 0.3) is 5.89 Å². The average molecular weight is 159 g/mol. The number of rotatable bonds is 3. The van der Waals surface area contributed by atoms with E-state index in [2.05, 4.69) is 14.7 Å². The molecule has 62 valence electrons. The lowest BCUT2D eigenvalue weighted by Crippen LogP contribution is -2.04. The van der Waals surface area contributed by atoms with Gasteiger partial charge in [0.1, 0.15) is 0 Å². The SMILES string of the molecule is CC(F)c1nc(CCN)no1. The van der Waals surface area contributed by atoms with Gasteiger partial charge < -0.3 is 10.3 Å². The number of hydrogen-bond acceptors (Lipinski definition) is 4. The third-order valence-corrected chi connectivity index (χ3v) is 1.19. The summed E-state index contributed by atoms with van der Waals surface area (Å²) in [6.45, 7) is 1.79. The molecule has 1 aromatic rings. The normalized spacial score (nSPS) is 13.4. The fourth-order valence-electron chi connectivity index (χ4n) is 0.660. The standard InChI is InChI=1S/C6H10FN3O/c1-4(7)6-9-5(2-3-8)10-11-6/h4H,2-3,8H2,1H3. The smallest absolute Gasteiger partial charge is 0.260 e. The predicted octanol–water partition coefficient (Wildman–Crippen LogP) is 0.601. The molecule has 1 atom stereocenters. The molecule has 1 rings (SSSR count). The van der Waals surface area contributed by atoms with Gasteiger partial charge in [-0.15, -0.1) is 0 Å². The van der Waals surface area contributed by atoms with E-state index < -0.39 is 6.17 Å². The summed E-state index contributed by atoms with van der Waals surface area (Å²) in [5.41, 5.74) is 5.23. The first-order chi connectivity index (χ1) is 5.24. The minimum atomic E-state index is -1.20. The Hall–Kier alpha value is -0.970. The van der Waals surface area contributed by atoms with Crippen molar-refractivity contribution in [3.05, 3.63) is 11.7 Å². The third kappa shape index (κ3) is 1.98. The molecule has 0 saturated carbocycles. The van der Waals surface area contributed by atoms with Crippen LogP contribution in [-0.2, 0) is 6.42 Å². The number of alkyl halides is 1. The van der Waals surface area contributed by atoms with Crippen molar-refractivity contribution in [1.82, 2.24) is 10.1 Å². The lowest BCUT2D eigenvalue weighted by molar-refractivity contribution is 0.264. The second-order valence-electron chi connectivity index (χ2n) is 2.20. The van der Waals surface area contributed by atoms with Gasteiger partial charge in [0.05, 0.1) is 0 Å². The summed E-state index contributed by atoms with van der Waals surface area (Å²) in [6, 6.07) is 0. The Labute approximate surface area is 63.6 Å². The van der Waals surface area contributed by atoms with Gasteiger partial charge in [-0.05, 0) is 13.5 Å². The predicted molar refractivity (Wildman–Crippen MR) is 36.6 cm³/mol. The van der Waals surface area contributed by atoms with E-state index in [1.54, 1.807) is 0 Å². The molecular weight excluding hydrogens is 149 g/mol. The number of nitrogens with zero attached hydrogens (tertiary/aromatic N) is 2. The summed E-state index contributed by atoms with van der Waals surface area (Å²) in [5.74, 6) is 0.487. The minimum Gasteiger partial charge on any atom is -0.336 e. The van der Waals surface area contributed by atoms with E-state index in [1.807, 2.05) is 0 Å². The van der Waals surface area contributed by atoms with Crippen molar-refractivity contribution in [3.63, 3.8) is 0 Å². The highest BCUT2D eigenvalue weighted by molar-refractivity contribution is 4.88. The van der Waals surface area contributed by atoms with E-state index in [0.29, 0.717) is 18.8 Å². The van der Waals surface area contributed by atoms with Gasteiger partial charge in [-0.1, -0.05) is 5.16 Å². The van der Waals surface area contributed by atoms with Gasteiger partial charge in [0.15, 0.2) is 12.0 Å². The number of nitrogens with two attached hydrogens (primary N) is 1. The first-order valence-electron chi connectivity index (χ1n) is 3.40. The Morgan fingerprint density at radius 1 is 1.73 bits per heavy atom. The van der Waals surface area contributed by atoms with Crippen LogP contribution in [-0.4, -0.2) is 16.7 Å². The van der Waals surface area contributed by atoms with Crippen LogP contribution in [0, 0.1) is 0 Å². The molecule has 0 fully saturated rings. The fraction of sp³-hybridized carbons (Fsp3) is 0.667. The molecule has 1 aromatic heterocycles. The summed E-state index contributed by atoms with van der Waals surface area (Å²) >= 11 is 0. The van der Waals surface area contributed by atoms with Gasteiger partial charge in [-0.3, -0.25) is 0 Å².